The highest BCUT2D eigenvalue weighted by atomic mass is 31.2. The summed E-state index contributed by atoms with van der Waals surface area (Å²) in [6.07, 6.45) is 70.7. The molecule has 0 heterocycles. The van der Waals surface area contributed by atoms with Gasteiger partial charge in [-0.2, -0.15) is 0 Å². The van der Waals surface area contributed by atoms with Crippen LogP contribution in [0, 0.1) is 0 Å². The van der Waals surface area contributed by atoms with Gasteiger partial charge in [0.05, 0.1) is 19.8 Å². The van der Waals surface area contributed by atoms with Gasteiger partial charge in [0.2, 0.25) is 0 Å². The van der Waals surface area contributed by atoms with Crippen molar-refractivity contribution in [1.82, 2.24) is 0 Å². The Morgan fingerprint density at radius 1 is 0.372 bits per heavy atom. The molecular weight excluding hydrogens is 1000 g/mol. The van der Waals surface area contributed by atoms with Crippen molar-refractivity contribution >= 4 is 25.7 Å². The van der Waals surface area contributed by atoms with Gasteiger partial charge in [-0.05, 0) is 122 Å². The lowest BCUT2D eigenvalue weighted by Gasteiger charge is -2.21. The topological polar surface area (TPSA) is 155 Å². The number of carbonyl (C=O) groups is 3. The van der Waals surface area contributed by atoms with Gasteiger partial charge in [0.15, 0.2) is 6.10 Å². The van der Waals surface area contributed by atoms with Crippen molar-refractivity contribution < 1.29 is 52.2 Å². The van der Waals surface area contributed by atoms with E-state index in [1.165, 1.54) is 83.5 Å². The van der Waals surface area contributed by atoms with Gasteiger partial charge >= 0.3 is 25.7 Å². The third kappa shape index (κ3) is 57.1. The van der Waals surface area contributed by atoms with Crippen LogP contribution >= 0.6 is 7.82 Å². The molecule has 78 heavy (non-hydrogen) atoms. The number of hydrogen-bond acceptors (Lipinski definition) is 10. The standard InChI is InChI=1S/C66H113O11P/c1-4-7-10-13-16-19-22-25-27-29-31-33-35-38-41-44-47-50-53-56-65(69)76-62(58-67)60-74-78(71,72)75-61-63(59-73-64(68)55-52-49-46-43-40-37-24-21-18-15-12-9-6-3)77-66(70)57-54-51-48-45-42-39-36-34-32-30-28-26-23-20-17-14-11-8-5-2/h8,11,16-17,19-21,24-28,32,34,39,42,62-63,67H,4-7,9-10,12-15,18,22-23,29-31,33,35-38,40-41,43-61H2,1-3H3,(H,71,72)/b11-8-,19-16-,20-17-,24-21-,27-25-,28-26-,34-32-,42-39-. The molecule has 0 aliphatic rings. The van der Waals surface area contributed by atoms with E-state index in [-0.39, 0.29) is 25.9 Å². The predicted octanol–water partition coefficient (Wildman–Crippen LogP) is 18.8. The van der Waals surface area contributed by atoms with Crippen molar-refractivity contribution in [2.45, 2.75) is 277 Å². The van der Waals surface area contributed by atoms with Gasteiger partial charge in [0.1, 0.15) is 12.7 Å². The van der Waals surface area contributed by atoms with E-state index in [1.54, 1.807) is 0 Å². The average molecular weight is 1110 g/mol. The number of rotatable bonds is 57. The zero-order chi connectivity index (χ0) is 56.9. The maximum atomic E-state index is 12.9. The molecule has 0 radical (unpaired) electrons. The Balaban J connectivity index is 4.73. The minimum Gasteiger partial charge on any atom is -0.462 e. The van der Waals surface area contributed by atoms with E-state index in [0.717, 1.165) is 122 Å². The SMILES string of the molecule is CC/C=C\C/C=C\C/C=C\C/C=C\C/C=C\CCCCCC(=O)OC(COC(=O)CCCCCCC/C=C\CCCCCC)COP(=O)(O)OCC(CO)OC(=O)CCCCCCCCCCC/C=C\C/C=C\CCCCC. The summed E-state index contributed by atoms with van der Waals surface area (Å²) in [6, 6.07) is 0. The summed E-state index contributed by atoms with van der Waals surface area (Å²) in [5.74, 6) is -1.52. The number of phosphoric ester groups is 1. The highest BCUT2D eigenvalue weighted by Gasteiger charge is 2.28. The Kier molecular flexibility index (Phi) is 56.8. The van der Waals surface area contributed by atoms with Gasteiger partial charge in [0.25, 0.3) is 0 Å². The van der Waals surface area contributed by atoms with Crippen LogP contribution in [0.5, 0.6) is 0 Å². The minimum absolute atomic E-state index is 0.123. The van der Waals surface area contributed by atoms with E-state index in [9.17, 15) is 28.9 Å². The lowest BCUT2D eigenvalue weighted by atomic mass is 10.1. The average Bonchev–Trinajstić information content (AvgIpc) is 3.43. The van der Waals surface area contributed by atoms with Crippen LogP contribution in [0.4, 0.5) is 0 Å². The third-order valence-electron chi connectivity index (χ3n) is 13.0. The van der Waals surface area contributed by atoms with Crippen LogP contribution in [0.2, 0.25) is 0 Å². The second kappa shape index (κ2) is 59.5. The van der Waals surface area contributed by atoms with Gasteiger partial charge < -0.3 is 24.2 Å². The van der Waals surface area contributed by atoms with Crippen molar-refractivity contribution in [2.75, 3.05) is 26.4 Å². The molecule has 0 aromatic heterocycles. The number of phosphoric acid groups is 1. The number of carbonyl (C=O) groups excluding carboxylic acids is 3. The number of aliphatic hydroxyl groups is 1. The Hall–Kier alpha value is -3.60. The van der Waals surface area contributed by atoms with Crippen molar-refractivity contribution in [1.29, 1.82) is 0 Å². The van der Waals surface area contributed by atoms with Crippen LogP contribution in [0.3, 0.4) is 0 Å². The Labute approximate surface area is 476 Å². The zero-order valence-corrected chi connectivity index (χ0v) is 50.5. The molecule has 448 valence electrons. The molecule has 0 aliphatic heterocycles. The molecule has 3 unspecified atom stereocenters. The summed E-state index contributed by atoms with van der Waals surface area (Å²) in [5.41, 5.74) is 0. The predicted molar refractivity (Wildman–Crippen MR) is 325 cm³/mol. The lowest BCUT2D eigenvalue weighted by molar-refractivity contribution is -0.161. The molecule has 11 nitrogen and oxygen atoms in total. The largest absolute Gasteiger partial charge is 0.472 e. The van der Waals surface area contributed by atoms with E-state index in [2.05, 4.69) is 118 Å². The van der Waals surface area contributed by atoms with Crippen molar-refractivity contribution in [3.63, 3.8) is 0 Å². The van der Waals surface area contributed by atoms with Gasteiger partial charge in [-0.3, -0.25) is 23.4 Å². The molecule has 0 amide bonds. The number of unbranched alkanes of at least 4 members (excludes halogenated alkanes) is 24. The first-order valence-electron chi connectivity index (χ1n) is 31.1. The molecule has 0 fully saturated rings. The number of hydrogen-bond donors (Lipinski definition) is 2. The first-order chi connectivity index (χ1) is 38.2. The summed E-state index contributed by atoms with van der Waals surface area (Å²) in [7, 11) is -4.77. The summed E-state index contributed by atoms with van der Waals surface area (Å²) < 4.78 is 39.6. The Morgan fingerprint density at radius 3 is 1.08 bits per heavy atom. The molecule has 0 saturated carbocycles. The van der Waals surface area contributed by atoms with Crippen LogP contribution in [-0.4, -0.2) is 66.5 Å². The summed E-state index contributed by atoms with van der Waals surface area (Å²) in [5, 5.41) is 9.85. The fourth-order valence-electron chi connectivity index (χ4n) is 8.23. The molecule has 0 aromatic carbocycles. The normalized spacial score (nSPS) is 14.0. The first kappa shape index (κ1) is 74.4. The van der Waals surface area contributed by atoms with Crippen molar-refractivity contribution in [2.24, 2.45) is 0 Å². The second-order valence-electron chi connectivity index (χ2n) is 20.5. The monoisotopic (exact) mass is 1110 g/mol. The highest BCUT2D eigenvalue weighted by molar-refractivity contribution is 7.47. The molecular formula is C66H113O11P. The summed E-state index contributed by atoms with van der Waals surface area (Å²) in [4.78, 5) is 48.7. The molecule has 12 heteroatoms. The number of esters is 3. The number of ether oxygens (including phenoxy) is 3. The van der Waals surface area contributed by atoms with E-state index in [1.807, 2.05) is 0 Å². The molecule has 0 rings (SSSR count). The Bertz CT molecular complexity index is 1680. The van der Waals surface area contributed by atoms with Crippen molar-refractivity contribution in [3.05, 3.63) is 97.2 Å². The molecule has 0 aliphatic carbocycles. The molecule has 0 aromatic rings. The number of aliphatic hydroxyl groups excluding tert-OH is 1. The molecule has 0 spiro atoms. The molecule has 3 atom stereocenters. The fraction of sp³-hybridized carbons (Fsp3) is 0.712. The number of allylic oxidation sites excluding steroid dienone is 16. The lowest BCUT2D eigenvalue weighted by Crippen LogP contribution is -2.30. The van der Waals surface area contributed by atoms with Gasteiger partial charge in [-0.1, -0.05) is 221 Å². The van der Waals surface area contributed by atoms with Crippen LogP contribution < -0.4 is 0 Å². The van der Waals surface area contributed by atoms with Gasteiger partial charge in [-0.25, -0.2) is 4.57 Å². The van der Waals surface area contributed by atoms with E-state index < -0.39 is 57.8 Å². The van der Waals surface area contributed by atoms with E-state index >= 15 is 0 Å². The first-order valence-corrected chi connectivity index (χ1v) is 32.6. The molecule has 0 bridgehead atoms. The quantitative estimate of drug-likeness (QED) is 0.0197. The second-order valence-corrected chi connectivity index (χ2v) is 21.9. The van der Waals surface area contributed by atoms with Crippen LogP contribution in [0.25, 0.3) is 0 Å². The highest BCUT2D eigenvalue weighted by Crippen LogP contribution is 2.43. The molecule has 0 saturated heterocycles. The van der Waals surface area contributed by atoms with E-state index in [4.69, 9.17) is 23.3 Å². The summed E-state index contributed by atoms with van der Waals surface area (Å²) >= 11 is 0. The third-order valence-corrected chi connectivity index (χ3v) is 13.9. The summed E-state index contributed by atoms with van der Waals surface area (Å²) in [6.45, 7) is 4.46. The van der Waals surface area contributed by atoms with Crippen LogP contribution in [0.1, 0.15) is 265 Å². The maximum absolute atomic E-state index is 12.9. The van der Waals surface area contributed by atoms with Crippen molar-refractivity contribution in [3.8, 4) is 0 Å². The van der Waals surface area contributed by atoms with Gasteiger partial charge in [0, 0.05) is 19.3 Å². The fourth-order valence-corrected chi connectivity index (χ4v) is 9.01. The maximum Gasteiger partial charge on any atom is 0.472 e. The van der Waals surface area contributed by atoms with Gasteiger partial charge in [-0.15, -0.1) is 0 Å². The van der Waals surface area contributed by atoms with E-state index in [0.29, 0.717) is 19.3 Å². The zero-order valence-electron chi connectivity index (χ0n) is 49.6. The van der Waals surface area contributed by atoms with Crippen LogP contribution in [-0.2, 0) is 42.2 Å². The minimum atomic E-state index is -4.77. The smallest absolute Gasteiger partial charge is 0.462 e. The molecule has 2 N–H and O–H groups in total. The van der Waals surface area contributed by atoms with Crippen LogP contribution in [0.15, 0.2) is 97.2 Å². The Morgan fingerprint density at radius 2 is 0.667 bits per heavy atom.